The molecule has 0 aliphatic carbocycles. The molecule has 1 fully saturated rings. The van der Waals surface area contributed by atoms with Gasteiger partial charge in [-0.3, -0.25) is 4.79 Å². The van der Waals surface area contributed by atoms with Crippen molar-refractivity contribution in [3.63, 3.8) is 0 Å². The number of piperidine rings is 1. The van der Waals surface area contributed by atoms with Crippen LogP contribution in [0.4, 0.5) is 5.82 Å². The first-order valence-corrected chi connectivity index (χ1v) is 10.0. The molecule has 1 amide bonds. The van der Waals surface area contributed by atoms with Crippen molar-refractivity contribution in [3.8, 4) is 0 Å². The normalized spacial score (nSPS) is 19.7. The Labute approximate surface area is 161 Å². The Morgan fingerprint density at radius 3 is 2.78 bits per heavy atom. The Bertz CT molecular complexity index is 821. The highest BCUT2D eigenvalue weighted by Gasteiger charge is 2.28. The number of likely N-dealkylation sites (tertiary alicyclic amines) is 1. The Kier molecular flexibility index (Phi) is 5.10. The van der Waals surface area contributed by atoms with Crippen LogP contribution in [0.25, 0.3) is 0 Å². The molecular formula is C22H28N4O. The van der Waals surface area contributed by atoms with Crippen molar-refractivity contribution in [3.05, 3.63) is 53.0 Å². The molecule has 2 aliphatic heterocycles. The van der Waals surface area contributed by atoms with Gasteiger partial charge in [-0.1, -0.05) is 30.3 Å². The van der Waals surface area contributed by atoms with Gasteiger partial charge in [0.2, 0.25) is 5.91 Å². The topological polar surface area (TPSA) is 49.3 Å². The summed E-state index contributed by atoms with van der Waals surface area (Å²) in [6, 6.07) is 10.00. The van der Waals surface area contributed by atoms with Gasteiger partial charge in [-0.15, -0.1) is 0 Å². The summed E-state index contributed by atoms with van der Waals surface area (Å²) in [4.78, 5) is 26.8. The maximum absolute atomic E-state index is 12.8. The highest BCUT2D eigenvalue weighted by Crippen LogP contribution is 2.31. The Morgan fingerprint density at radius 1 is 1.15 bits per heavy atom. The zero-order valence-corrected chi connectivity index (χ0v) is 16.3. The van der Waals surface area contributed by atoms with Gasteiger partial charge in [-0.25, -0.2) is 9.97 Å². The van der Waals surface area contributed by atoms with E-state index < -0.39 is 0 Å². The van der Waals surface area contributed by atoms with Gasteiger partial charge >= 0.3 is 0 Å². The monoisotopic (exact) mass is 364 g/mol. The van der Waals surface area contributed by atoms with E-state index in [2.05, 4.69) is 18.9 Å². The van der Waals surface area contributed by atoms with Crippen LogP contribution in [0.15, 0.2) is 30.3 Å². The molecule has 0 bridgehead atoms. The van der Waals surface area contributed by atoms with E-state index in [0.29, 0.717) is 6.42 Å². The van der Waals surface area contributed by atoms with E-state index >= 15 is 0 Å². The summed E-state index contributed by atoms with van der Waals surface area (Å²) in [5, 5.41) is 0. The Morgan fingerprint density at radius 2 is 1.96 bits per heavy atom. The van der Waals surface area contributed by atoms with Crippen LogP contribution in [0.1, 0.15) is 47.8 Å². The fourth-order valence-electron chi connectivity index (χ4n) is 4.29. The molecule has 5 nitrogen and oxygen atoms in total. The second kappa shape index (κ2) is 7.67. The van der Waals surface area contributed by atoms with Crippen LogP contribution in [0.5, 0.6) is 0 Å². The molecule has 1 aromatic carbocycles. The summed E-state index contributed by atoms with van der Waals surface area (Å²) in [7, 11) is 2.12. The van der Waals surface area contributed by atoms with Crippen molar-refractivity contribution in [2.45, 2.75) is 44.9 Å². The van der Waals surface area contributed by atoms with Gasteiger partial charge in [0.05, 0.1) is 6.42 Å². The molecule has 1 unspecified atom stereocenters. The zero-order valence-electron chi connectivity index (χ0n) is 16.3. The molecule has 1 atom stereocenters. The van der Waals surface area contributed by atoms with E-state index in [1.54, 1.807) is 0 Å². The molecule has 1 saturated heterocycles. The number of fused-ring (bicyclic) bond motifs is 1. The minimum atomic E-state index is 0.206. The molecule has 0 N–H and O–H groups in total. The number of carbonyl (C=O) groups is 1. The van der Waals surface area contributed by atoms with Crippen molar-refractivity contribution in [2.75, 3.05) is 31.6 Å². The van der Waals surface area contributed by atoms with Gasteiger partial charge in [-0.05, 0) is 38.2 Å². The van der Waals surface area contributed by atoms with E-state index in [-0.39, 0.29) is 11.8 Å². The molecule has 0 radical (unpaired) electrons. The fraction of sp³-hybridized carbons (Fsp3) is 0.500. The van der Waals surface area contributed by atoms with E-state index in [4.69, 9.17) is 9.97 Å². The summed E-state index contributed by atoms with van der Waals surface area (Å²) in [6.45, 7) is 4.72. The predicted octanol–water partition coefficient (Wildman–Crippen LogP) is 3.12. The third-order valence-corrected chi connectivity index (χ3v) is 5.83. The number of aryl methyl sites for hydroxylation is 1. The fourth-order valence-corrected chi connectivity index (χ4v) is 4.29. The summed E-state index contributed by atoms with van der Waals surface area (Å²) in [5.74, 6) is 2.45. The maximum Gasteiger partial charge on any atom is 0.227 e. The van der Waals surface area contributed by atoms with Crippen LogP contribution in [-0.2, 0) is 17.6 Å². The van der Waals surface area contributed by atoms with Gasteiger partial charge in [0.25, 0.3) is 0 Å². The highest BCUT2D eigenvalue weighted by atomic mass is 16.2. The molecule has 3 heterocycles. The van der Waals surface area contributed by atoms with Crippen LogP contribution in [0.2, 0.25) is 0 Å². The molecule has 0 saturated carbocycles. The quantitative estimate of drug-likeness (QED) is 0.840. The smallest absolute Gasteiger partial charge is 0.227 e. The molecular weight excluding hydrogens is 336 g/mol. The third kappa shape index (κ3) is 3.82. The largest absolute Gasteiger partial charge is 0.359 e. The number of aromatic nitrogens is 2. The summed E-state index contributed by atoms with van der Waals surface area (Å²) < 4.78 is 0. The minimum absolute atomic E-state index is 0.206. The molecule has 2 aromatic rings. The summed E-state index contributed by atoms with van der Waals surface area (Å²) >= 11 is 0. The second-order valence-electron chi connectivity index (χ2n) is 7.84. The van der Waals surface area contributed by atoms with Crippen LogP contribution < -0.4 is 4.90 Å². The predicted molar refractivity (Wildman–Crippen MR) is 107 cm³/mol. The Hall–Kier alpha value is -2.43. The molecule has 0 spiro atoms. The standard InChI is InChI=1S/C22H28N4O/c1-16-19-11-7-12-25(2)22(19)24-21(23-16)18-10-6-13-26(15-18)20(27)14-17-8-4-3-5-9-17/h3-5,8-9,18H,6-7,10-15H2,1-2H3. The van der Waals surface area contributed by atoms with Gasteiger partial charge in [0, 0.05) is 43.9 Å². The van der Waals surface area contributed by atoms with Crippen molar-refractivity contribution in [1.82, 2.24) is 14.9 Å². The van der Waals surface area contributed by atoms with Crippen LogP contribution in [0.3, 0.4) is 0 Å². The van der Waals surface area contributed by atoms with Gasteiger partial charge in [0.15, 0.2) is 0 Å². The van der Waals surface area contributed by atoms with E-state index in [1.807, 2.05) is 35.2 Å². The first-order valence-electron chi connectivity index (χ1n) is 10.0. The van der Waals surface area contributed by atoms with E-state index in [9.17, 15) is 4.79 Å². The number of anilines is 1. The lowest BCUT2D eigenvalue weighted by molar-refractivity contribution is -0.131. The number of hydrogen-bond acceptors (Lipinski definition) is 4. The average Bonchev–Trinajstić information content (AvgIpc) is 2.69. The summed E-state index contributed by atoms with van der Waals surface area (Å²) in [6.07, 6.45) is 4.77. The lowest BCUT2D eigenvalue weighted by Gasteiger charge is -2.33. The van der Waals surface area contributed by atoms with Crippen molar-refractivity contribution >= 4 is 11.7 Å². The lowest BCUT2D eigenvalue weighted by atomic mass is 9.95. The SMILES string of the molecule is Cc1nc(C2CCCN(C(=O)Cc3ccccc3)C2)nc2c1CCCN2C. The molecule has 5 heteroatoms. The van der Waals surface area contributed by atoms with Crippen molar-refractivity contribution in [2.24, 2.45) is 0 Å². The first-order chi connectivity index (χ1) is 13.1. The highest BCUT2D eigenvalue weighted by molar-refractivity contribution is 5.79. The van der Waals surface area contributed by atoms with Gasteiger partial charge < -0.3 is 9.80 Å². The number of benzene rings is 1. The van der Waals surface area contributed by atoms with Gasteiger partial charge in [-0.2, -0.15) is 0 Å². The molecule has 27 heavy (non-hydrogen) atoms. The number of carbonyl (C=O) groups excluding carboxylic acids is 1. The molecule has 1 aromatic heterocycles. The van der Waals surface area contributed by atoms with Crippen molar-refractivity contribution in [1.29, 1.82) is 0 Å². The zero-order chi connectivity index (χ0) is 18.8. The third-order valence-electron chi connectivity index (χ3n) is 5.83. The molecule has 2 aliphatic rings. The number of nitrogens with zero attached hydrogens (tertiary/aromatic N) is 4. The van der Waals surface area contributed by atoms with Crippen LogP contribution >= 0.6 is 0 Å². The number of rotatable bonds is 3. The Balaban J connectivity index is 1.51. The first kappa shape index (κ1) is 18.0. The maximum atomic E-state index is 12.8. The molecule has 142 valence electrons. The summed E-state index contributed by atoms with van der Waals surface area (Å²) in [5.41, 5.74) is 3.47. The van der Waals surface area contributed by atoms with Crippen molar-refractivity contribution < 1.29 is 4.79 Å². The molecule has 4 rings (SSSR count). The van der Waals surface area contributed by atoms with E-state index in [1.165, 1.54) is 5.56 Å². The number of amides is 1. The average molecular weight is 364 g/mol. The van der Waals surface area contributed by atoms with E-state index in [0.717, 1.165) is 68.2 Å². The van der Waals surface area contributed by atoms with Crippen LogP contribution in [-0.4, -0.2) is 47.5 Å². The minimum Gasteiger partial charge on any atom is -0.359 e. The van der Waals surface area contributed by atoms with Gasteiger partial charge in [0.1, 0.15) is 11.6 Å². The second-order valence-corrected chi connectivity index (χ2v) is 7.84. The van der Waals surface area contributed by atoms with Crippen LogP contribution in [0, 0.1) is 6.92 Å². The number of hydrogen-bond donors (Lipinski definition) is 0. The lowest BCUT2D eigenvalue weighted by Crippen LogP contribution is -2.40.